The van der Waals surface area contributed by atoms with Crippen LogP contribution in [-0.4, -0.2) is 25.4 Å². The van der Waals surface area contributed by atoms with Crippen molar-refractivity contribution in [2.45, 2.75) is 40.8 Å². The maximum absolute atomic E-state index is 12.2. The number of aryl methyl sites for hydroxylation is 4. The van der Waals surface area contributed by atoms with Gasteiger partial charge >= 0.3 is 5.97 Å². The fourth-order valence-electron chi connectivity index (χ4n) is 2.31. The lowest BCUT2D eigenvalue weighted by Crippen LogP contribution is -2.28. The van der Waals surface area contributed by atoms with Crippen LogP contribution in [-0.2, 0) is 13.1 Å². The molecule has 2 aromatic heterocycles. The molecule has 0 aliphatic carbocycles. The van der Waals surface area contributed by atoms with Crippen LogP contribution in [0.1, 0.15) is 32.9 Å². The highest BCUT2D eigenvalue weighted by molar-refractivity contribution is 5.88. The van der Waals surface area contributed by atoms with Crippen LogP contribution >= 0.6 is 0 Å². The Labute approximate surface area is 122 Å². The second-order valence-electron chi connectivity index (χ2n) is 5.20. The van der Waals surface area contributed by atoms with E-state index in [1.54, 1.807) is 19.2 Å². The predicted molar refractivity (Wildman–Crippen MR) is 78.8 cm³/mol. The molecule has 0 unspecified atom stereocenters. The van der Waals surface area contributed by atoms with Gasteiger partial charge in [-0.25, -0.2) is 4.79 Å². The highest BCUT2D eigenvalue weighted by atomic mass is 16.4. The van der Waals surface area contributed by atoms with Gasteiger partial charge in [0.25, 0.3) is 5.56 Å². The first kappa shape index (κ1) is 15.0. The Morgan fingerprint density at radius 2 is 1.90 bits per heavy atom. The zero-order chi connectivity index (χ0) is 15.7. The monoisotopic (exact) mass is 289 g/mol. The van der Waals surface area contributed by atoms with Crippen molar-refractivity contribution >= 4 is 5.97 Å². The summed E-state index contributed by atoms with van der Waals surface area (Å²) in [6.45, 7) is 8.48. The maximum atomic E-state index is 12.2. The molecule has 0 saturated heterocycles. The number of hydrogen-bond acceptors (Lipinski definition) is 3. The quantitative estimate of drug-likeness (QED) is 0.929. The molecule has 0 aliphatic rings. The molecule has 0 radical (unpaired) electrons. The van der Waals surface area contributed by atoms with Crippen LogP contribution in [0.15, 0.2) is 17.1 Å². The molecule has 0 saturated carbocycles. The topological polar surface area (TPSA) is 77.1 Å². The molecule has 2 heterocycles. The van der Waals surface area contributed by atoms with Crippen molar-refractivity contribution in [2.24, 2.45) is 0 Å². The fourth-order valence-corrected chi connectivity index (χ4v) is 2.31. The van der Waals surface area contributed by atoms with E-state index in [9.17, 15) is 9.59 Å². The molecule has 0 aromatic carbocycles. The minimum absolute atomic E-state index is 0.165. The van der Waals surface area contributed by atoms with E-state index in [0.29, 0.717) is 18.7 Å². The third-order valence-corrected chi connectivity index (χ3v) is 3.88. The molecule has 2 rings (SSSR count). The van der Waals surface area contributed by atoms with Gasteiger partial charge in [-0.1, -0.05) is 0 Å². The van der Waals surface area contributed by atoms with Gasteiger partial charge in [0, 0.05) is 18.4 Å². The number of carbonyl (C=O) groups is 1. The molecule has 0 aliphatic heterocycles. The molecule has 1 N–H and O–H groups in total. The number of aromatic carboxylic acids is 1. The number of rotatable bonds is 4. The number of aromatic nitrogens is 3. The number of carboxylic acids is 1. The minimum atomic E-state index is -1.19. The fraction of sp³-hybridized carbons (Fsp3) is 0.400. The van der Waals surface area contributed by atoms with Crippen LogP contribution in [0, 0.1) is 27.7 Å². The Hall–Kier alpha value is -2.37. The second kappa shape index (κ2) is 5.55. The summed E-state index contributed by atoms with van der Waals surface area (Å²) in [6, 6.07) is 1.65. The van der Waals surface area contributed by atoms with E-state index in [2.05, 4.69) is 5.10 Å². The minimum Gasteiger partial charge on any atom is -0.477 e. The first-order valence-electron chi connectivity index (χ1n) is 6.77. The van der Waals surface area contributed by atoms with Crippen LogP contribution in [0.3, 0.4) is 0 Å². The summed E-state index contributed by atoms with van der Waals surface area (Å²) < 4.78 is 3.26. The summed E-state index contributed by atoms with van der Waals surface area (Å²) in [7, 11) is 0. The van der Waals surface area contributed by atoms with Gasteiger partial charge in [0.2, 0.25) is 0 Å². The number of pyridine rings is 1. The standard InChI is InChI=1S/C15H19N3O3/c1-9-5-6-17(14(19)13(9)15(20)21)7-8-18-12(4)10(2)11(3)16-18/h5-6H,7-8H2,1-4H3,(H,20,21). The molecule has 0 bridgehead atoms. The summed E-state index contributed by atoms with van der Waals surface area (Å²) in [4.78, 5) is 23.3. The number of nitrogens with zero attached hydrogens (tertiary/aromatic N) is 3. The second-order valence-corrected chi connectivity index (χ2v) is 5.20. The van der Waals surface area contributed by atoms with E-state index in [0.717, 1.165) is 17.0 Å². The highest BCUT2D eigenvalue weighted by Gasteiger charge is 2.14. The zero-order valence-electron chi connectivity index (χ0n) is 12.7. The number of hydrogen-bond donors (Lipinski definition) is 1. The Balaban J connectivity index is 2.29. The Morgan fingerprint density at radius 3 is 2.43 bits per heavy atom. The van der Waals surface area contributed by atoms with Crippen molar-refractivity contribution in [2.75, 3.05) is 0 Å². The summed E-state index contributed by atoms with van der Waals surface area (Å²) in [5.74, 6) is -1.19. The van der Waals surface area contributed by atoms with E-state index in [1.165, 1.54) is 4.57 Å². The summed E-state index contributed by atoms with van der Waals surface area (Å²) in [5.41, 5.74) is 3.01. The maximum Gasteiger partial charge on any atom is 0.341 e. The predicted octanol–water partition coefficient (Wildman–Crippen LogP) is 1.68. The van der Waals surface area contributed by atoms with Gasteiger partial charge in [-0.2, -0.15) is 5.10 Å². The average molecular weight is 289 g/mol. The normalized spacial score (nSPS) is 10.9. The van der Waals surface area contributed by atoms with Crippen molar-refractivity contribution in [1.29, 1.82) is 0 Å². The van der Waals surface area contributed by atoms with Crippen molar-refractivity contribution in [3.63, 3.8) is 0 Å². The molecular formula is C15H19N3O3. The molecule has 0 spiro atoms. The number of carboxylic acid groups (broad SMARTS) is 1. The summed E-state index contributed by atoms with van der Waals surface area (Å²) >= 11 is 0. The Morgan fingerprint density at radius 1 is 1.24 bits per heavy atom. The van der Waals surface area contributed by atoms with Gasteiger partial charge in [0.1, 0.15) is 5.56 Å². The molecule has 0 amide bonds. The van der Waals surface area contributed by atoms with Crippen LogP contribution < -0.4 is 5.56 Å². The van der Waals surface area contributed by atoms with Crippen LogP contribution in [0.4, 0.5) is 0 Å². The molecule has 0 fully saturated rings. The van der Waals surface area contributed by atoms with Crippen LogP contribution in [0.25, 0.3) is 0 Å². The largest absolute Gasteiger partial charge is 0.477 e. The summed E-state index contributed by atoms with van der Waals surface area (Å²) in [6.07, 6.45) is 1.63. The lowest BCUT2D eigenvalue weighted by atomic mass is 10.1. The average Bonchev–Trinajstić information content (AvgIpc) is 2.65. The molecule has 0 atom stereocenters. The first-order chi connectivity index (χ1) is 9.82. The molecular weight excluding hydrogens is 270 g/mol. The Bertz CT molecular complexity index is 756. The van der Waals surface area contributed by atoms with Gasteiger partial charge in [-0.15, -0.1) is 0 Å². The van der Waals surface area contributed by atoms with Gasteiger partial charge < -0.3 is 9.67 Å². The van der Waals surface area contributed by atoms with Crippen molar-refractivity contribution < 1.29 is 9.90 Å². The van der Waals surface area contributed by atoms with Crippen molar-refractivity contribution in [3.05, 3.63) is 50.7 Å². The van der Waals surface area contributed by atoms with E-state index in [4.69, 9.17) is 5.11 Å². The Kier molecular flexibility index (Phi) is 3.97. The highest BCUT2D eigenvalue weighted by Crippen LogP contribution is 2.11. The van der Waals surface area contributed by atoms with Crippen molar-refractivity contribution in [3.8, 4) is 0 Å². The van der Waals surface area contributed by atoms with Crippen molar-refractivity contribution in [1.82, 2.24) is 14.3 Å². The smallest absolute Gasteiger partial charge is 0.341 e. The molecule has 21 heavy (non-hydrogen) atoms. The van der Waals surface area contributed by atoms with Gasteiger partial charge in [0.05, 0.1) is 12.2 Å². The lowest BCUT2D eigenvalue weighted by molar-refractivity contribution is 0.0693. The third-order valence-electron chi connectivity index (χ3n) is 3.88. The van der Waals surface area contributed by atoms with Gasteiger partial charge in [-0.05, 0) is 44.9 Å². The van der Waals surface area contributed by atoms with Gasteiger partial charge in [0.15, 0.2) is 0 Å². The molecule has 112 valence electrons. The van der Waals surface area contributed by atoms with Gasteiger partial charge in [-0.3, -0.25) is 9.48 Å². The first-order valence-corrected chi connectivity index (χ1v) is 6.77. The van der Waals surface area contributed by atoms with Crippen LogP contribution in [0.2, 0.25) is 0 Å². The molecule has 2 aromatic rings. The third kappa shape index (κ3) is 2.74. The van der Waals surface area contributed by atoms with Crippen LogP contribution in [0.5, 0.6) is 0 Å². The lowest BCUT2D eigenvalue weighted by Gasteiger charge is -2.10. The van der Waals surface area contributed by atoms with E-state index in [1.807, 2.05) is 25.5 Å². The summed E-state index contributed by atoms with van der Waals surface area (Å²) in [5, 5.41) is 13.5. The van der Waals surface area contributed by atoms with E-state index in [-0.39, 0.29) is 5.56 Å². The molecule has 6 nitrogen and oxygen atoms in total. The zero-order valence-corrected chi connectivity index (χ0v) is 12.7. The van der Waals surface area contributed by atoms with E-state index < -0.39 is 11.5 Å². The SMILES string of the molecule is Cc1ccn(CCn2nc(C)c(C)c2C)c(=O)c1C(=O)O. The van der Waals surface area contributed by atoms with E-state index >= 15 is 0 Å². The molecule has 6 heteroatoms.